The van der Waals surface area contributed by atoms with E-state index in [2.05, 4.69) is 22.2 Å². The van der Waals surface area contributed by atoms with Crippen LogP contribution in [-0.2, 0) is 0 Å². The maximum atomic E-state index is 5.89. The third-order valence-electron chi connectivity index (χ3n) is 3.19. The van der Waals surface area contributed by atoms with Crippen molar-refractivity contribution in [3.63, 3.8) is 0 Å². The molecule has 0 aliphatic heterocycles. The summed E-state index contributed by atoms with van der Waals surface area (Å²) in [6, 6.07) is 2.59. The Morgan fingerprint density at radius 1 is 1.39 bits per heavy atom. The van der Waals surface area contributed by atoms with Gasteiger partial charge in [0, 0.05) is 24.3 Å². The third-order valence-corrected chi connectivity index (χ3v) is 3.19. The first-order valence-corrected chi connectivity index (χ1v) is 6.76. The summed E-state index contributed by atoms with van der Waals surface area (Å²) in [7, 11) is 0. The van der Waals surface area contributed by atoms with Gasteiger partial charge in [0.2, 0.25) is 11.8 Å². The lowest BCUT2D eigenvalue weighted by atomic mass is 9.92. The molecule has 18 heavy (non-hydrogen) atoms. The van der Waals surface area contributed by atoms with Gasteiger partial charge in [-0.15, -0.1) is 0 Å². The predicted molar refractivity (Wildman–Crippen MR) is 71.7 cm³/mol. The Morgan fingerprint density at radius 3 is 2.89 bits per heavy atom. The molecule has 1 saturated carbocycles. The molecule has 0 radical (unpaired) electrons. The van der Waals surface area contributed by atoms with E-state index in [1.807, 2.05) is 0 Å². The average Bonchev–Trinajstić information content (AvgIpc) is 2.40. The number of hydrogen-bond acceptors (Lipinski definition) is 5. The zero-order valence-corrected chi connectivity index (χ0v) is 10.9. The molecule has 1 aromatic heterocycles. The molecule has 1 fully saturated rings. The fraction of sp³-hybridized carbons (Fsp3) is 0.692. The van der Waals surface area contributed by atoms with Crippen molar-refractivity contribution in [1.29, 1.82) is 0 Å². The summed E-state index contributed by atoms with van der Waals surface area (Å²) >= 11 is 0. The summed E-state index contributed by atoms with van der Waals surface area (Å²) in [6.45, 7) is 2.76. The molecule has 1 heterocycles. The lowest BCUT2D eigenvalue weighted by molar-refractivity contribution is 0.305. The number of hydrogen-bond donors (Lipinski definition) is 2. The maximum absolute atomic E-state index is 5.89. The van der Waals surface area contributed by atoms with Gasteiger partial charge in [0.15, 0.2) is 0 Å². The standard InChI is InChI=1S/C13H22N4O/c1-2-9-18-12-7-8-15-13(17-12)16-11-5-3-10(14)4-6-11/h7-8,10-11H,2-6,9,14H2,1H3,(H,15,16,17). The van der Waals surface area contributed by atoms with Gasteiger partial charge >= 0.3 is 0 Å². The molecule has 0 spiro atoms. The van der Waals surface area contributed by atoms with E-state index >= 15 is 0 Å². The SMILES string of the molecule is CCCOc1ccnc(NC2CCC(N)CC2)n1. The highest BCUT2D eigenvalue weighted by Crippen LogP contribution is 2.20. The lowest BCUT2D eigenvalue weighted by Crippen LogP contribution is -2.33. The maximum Gasteiger partial charge on any atom is 0.226 e. The van der Waals surface area contributed by atoms with E-state index in [1.165, 1.54) is 0 Å². The van der Waals surface area contributed by atoms with Crippen molar-refractivity contribution >= 4 is 5.95 Å². The van der Waals surface area contributed by atoms with Crippen molar-refractivity contribution in [1.82, 2.24) is 9.97 Å². The van der Waals surface area contributed by atoms with Gasteiger partial charge in [-0.05, 0) is 32.1 Å². The van der Waals surface area contributed by atoms with Crippen molar-refractivity contribution in [2.24, 2.45) is 5.73 Å². The Kier molecular flexibility index (Phi) is 4.75. The highest BCUT2D eigenvalue weighted by Gasteiger charge is 2.18. The van der Waals surface area contributed by atoms with Crippen LogP contribution in [0.4, 0.5) is 5.95 Å². The van der Waals surface area contributed by atoms with Crippen LogP contribution in [0.15, 0.2) is 12.3 Å². The van der Waals surface area contributed by atoms with E-state index in [1.54, 1.807) is 12.3 Å². The van der Waals surface area contributed by atoms with E-state index in [0.717, 1.165) is 32.1 Å². The highest BCUT2D eigenvalue weighted by molar-refractivity contribution is 5.29. The number of anilines is 1. The third kappa shape index (κ3) is 3.84. The first-order valence-electron chi connectivity index (χ1n) is 6.76. The first kappa shape index (κ1) is 13.1. The van der Waals surface area contributed by atoms with Gasteiger partial charge in [0.05, 0.1) is 6.61 Å². The van der Waals surface area contributed by atoms with E-state index in [-0.39, 0.29) is 0 Å². The zero-order chi connectivity index (χ0) is 12.8. The second-order valence-corrected chi connectivity index (χ2v) is 4.82. The van der Waals surface area contributed by atoms with Crippen LogP contribution in [0.25, 0.3) is 0 Å². The molecule has 1 aromatic rings. The van der Waals surface area contributed by atoms with Crippen LogP contribution in [0.2, 0.25) is 0 Å². The molecule has 2 rings (SSSR count). The smallest absolute Gasteiger partial charge is 0.226 e. The van der Waals surface area contributed by atoms with Crippen LogP contribution < -0.4 is 15.8 Å². The molecule has 0 bridgehead atoms. The summed E-state index contributed by atoms with van der Waals surface area (Å²) < 4.78 is 5.49. The molecule has 3 N–H and O–H groups in total. The van der Waals surface area contributed by atoms with Gasteiger partial charge in [0.25, 0.3) is 0 Å². The summed E-state index contributed by atoms with van der Waals surface area (Å²) in [6.07, 6.45) is 7.03. The van der Waals surface area contributed by atoms with Crippen LogP contribution in [0, 0.1) is 0 Å². The first-order chi connectivity index (χ1) is 8.78. The van der Waals surface area contributed by atoms with Crippen LogP contribution in [0.3, 0.4) is 0 Å². The van der Waals surface area contributed by atoms with Gasteiger partial charge in [-0.2, -0.15) is 4.98 Å². The second kappa shape index (κ2) is 6.54. The largest absolute Gasteiger partial charge is 0.478 e. The quantitative estimate of drug-likeness (QED) is 0.835. The van der Waals surface area contributed by atoms with Gasteiger partial charge in [-0.25, -0.2) is 4.98 Å². The van der Waals surface area contributed by atoms with Crippen molar-refractivity contribution < 1.29 is 4.74 Å². The predicted octanol–water partition coefficient (Wildman–Crippen LogP) is 1.95. The number of nitrogens with zero attached hydrogens (tertiary/aromatic N) is 2. The minimum absolute atomic E-state index is 0.364. The zero-order valence-electron chi connectivity index (χ0n) is 10.9. The van der Waals surface area contributed by atoms with Gasteiger partial charge in [-0.3, -0.25) is 0 Å². The van der Waals surface area contributed by atoms with Crippen LogP contribution in [0.1, 0.15) is 39.0 Å². The molecule has 0 amide bonds. The van der Waals surface area contributed by atoms with E-state index in [0.29, 0.717) is 30.5 Å². The number of aromatic nitrogens is 2. The fourth-order valence-electron chi connectivity index (χ4n) is 2.14. The second-order valence-electron chi connectivity index (χ2n) is 4.82. The van der Waals surface area contributed by atoms with Crippen LogP contribution >= 0.6 is 0 Å². The Labute approximate surface area is 108 Å². The van der Waals surface area contributed by atoms with Gasteiger partial charge < -0.3 is 15.8 Å². The van der Waals surface area contributed by atoms with Crippen molar-refractivity contribution in [3.05, 3.63) is 12.3 Å². The minimum atomic E-state index is 0.364. The molecule has 0 atom stereocenters. The molecular weight excluding hydrogens is 228 g/mol. The molecule has 5 nitrogen and oxygen atoms in total. The molecule has 0 saturated heterocycles. The Hall–Kier alpha value is -1.36. The molecular formula is C13H22N4O. The summed E-state index contributed by atoms with van der Waals surface area (Å²) in [4.78, 5) is 8.57. The minimum Gasteiger partial charge on any atom is -0.478 e. The Balaban J connectivity index is 1.88. The Morgan fingerprint density at radius 2 is 2.17 bits per heavy atom. The molecule has 0 aromatic carbocycles. The average molecular weight is 250 g/mol. The Bertz CT molecular complexity index is 364. The fourth-order valence-corrected chi connectivity index (χ4v) is 2.14. The number of ether oxygens (including phenoxy) is 1. The van der Waals surface area contributed by atoms with E-state index in [9.17, 15) is 0 Å². The molecule has 1 aliphatic rings. The lowest BCUT2D eigenvalue weighted by Gasteiger charge is -2.26. The highest BCUT2D eigenvalue weighted by atomic mass is 16.5. The van der Waals surface area contributed by atoms with Gasteiger partial charge in [0.1, 0.15) is 0 Å². The number of nitrogens with two attached hydrogens (primary N) is 1. The van der Waals surface area contributed by atoms with Gasteiger partial charge in [-0.1, -0.05) is 6.92 Å². The molecule has 1 aliphatic carbocycles. The molecule has 0 unspecified atom stereocenters. The van der Waals surface area contributed by atoms with Crippen molar-refractivity contribution in [2.75, 3.05) is 11.9 Å². The topological polar surface area (TPSA) is 73.1 Å². The summed E-state index contributed by atoms with van der Waals surface area (Å²) in [5.41, 5.74) is 5.89. The summed E-state index contributed by atoms with van der Waals surface area (Å²) in [5.74, 6) is 1.30. The molecule has 5 heteroatoms. The molecule has 100 valence electrons. The van der Waals surface area contributed by atoms with Crippen molar-refractivity contribution in [2.45, 2.75) is 51.1 Å². The number of rotatable bonds is 5. The summed E-state index contributed by atoms with van der Waals surface area (Å²) in [5, 5.41) is 3.36. The monoisotopic (exact) mass is 250 g/mol. The van der Waals surface area contributed by atoms with E-state index < -0.39 is 0 Å². The normalized spacial score (nSPS) is 23.7. The van der Waals surface area contributed by atoms with Crippen LogP contribution in [0.5, 0.6) is 5.88 Å². The van der Waals surface area contributed by atoms with Crippen LogP contribution in [-0.4, -0.2) is 28.7 Å². The van der Waals surface area contributed by atoms with E-state index in [4.69, 9.17) is 10.5 Å². The van der Waals surface area contributed by atoms with Crippen molar-refractivity contribution in [3.8, 4) is 5.88 Å². The number of nitrogens with one attached hydrogen (secondary N) is 1.